The Balaban J connectivity index is 1.84. The highest BCUT2D eigenvalue weighted by Gasteiger charge is 2.23. The third-order valence-electron chi connectivity index (χ3n) is 4.45. The van der Waals surface area contributed by atoms with E-state index in [-0.39, 0.29) is 22.3 Å². The van der Waals surface area contributed by atoms with Gasteiger partial charge in [-0.05, 0) is 31.0 Å². The molecule has 0 aliphatic heterocycles. The van der Waals surface area contributed by atoms with Crippen LogP contribution in [0, 0.1) is 21.8 Å². The second-order valence-corrected chi connectivity index (χ2v) is 9.18. The number of non-ortho nitro benzene ring substituents is 1. The number of carbonyl (C=O) groups is 1. The monoisotopic (exact) mass is 477 g/mol. The van der Waals surface area contributed by atoms with Gasteiger partial charge in [0.15, 0.2) is 11.0 Å². The second-order valence-electron chi connectivity index (χ2n) is 7.46. The molecule has 0 spiro atoms. The average molecular weight is 478 g/mol. The van der Waals surface area contributed by atoms with E-state index in [0.717, 1.165) is 11.8 Å². The van der Waals surface area contributed by atoms with Crippen LogP contribution in [-0.4, -0.2) is 30.8 Å². The number of nitro groups is 1. The van der Waals surface area contributed by atoms with Gasteiger partial charge in [0.05, 0.1) is 26.4 Å². The normalized spacial score (nSPS) is 12.1. The lowest BCUT2D eigenvalue weighted by Crippen LogP contribution is -2.23. The van der Waals surface area contributed by atoms with E-state index >= 15 is 0 Å². The van der Waals surface area contributed by atoms with Crippen LogP contribution >= 0.6 is 23.4 Å². The molecule has 8 nitrogen and oxygen atoms in total. The Kier molecular flexibility index (Phi) is 7.47. The lowest BCUT2D eigenvalue weighted by molar-refractivity contribution is -0.384. The van der Waals surface area contributed by atoms with Gasteiger partial charge in [-0.2, -0.15) is 0 Å². The van der Waals surface area contributed by atoms with Crippen molar-refractivity contribution in [3.05, 3.63) is 63.4 Å². The number of carbonyl (C=O) groups excluding carboxylic acids is 1. The van der Waals surface area contributed by atoms with Crippen LogP contribution in [0.25, 0.3) is 11.4 Å². The molecule has 0 saturated heterocycles. The quantitative estimate of drug-likeness (QED) is 0.264. The third kappa shape index (κ3) is 5.43. The summed E-state index contributed by atoms with van der Waals surface area (Å²) in [7, 11) is 0. The summed E-state index contributed by atoms with van der Waals surface area (Å²) in [4.78, 5) is 23.2. The number of hydrogen-bond acceptors (Lipinski definition) is 6. The van der Waals surface area contributed by atoms with Crippen molar-refractivity contribution < 1.29 is 14.1 Å². The fourth-order valence-corrected chi connectivity index (χ4v) is 3.94. The summed E-state index contributed by atoms with van der Waals surface area (Å²) in [6, 6.07) is 10.1. The Labute approximate surface area is 193 Å². The van der Waals surface area contributed by atoms with Crippen molar-refractivity contribution in [1.29, 1.82) is 0 Å². The summed E-state index contributed by atoms with van der Waals surface area (Å²) >= 11 is 7.23. The minimum absolute atomic E-state index is 0.147. The summed E-state index contributed by atoms with van der Waals surface area (Å²) < 4.78 is 16.1. The number of thioether (sulfide) groups is 1. The van der Waals surface area contributed by atoms with Crippen LogP contribution in [-0.2, 0) is 11.3 Å². The molecule has 0 bridgehead atoms. The van der Waals surface area contributed by atoms with Gasteiger partial charge in [0, 0.05) is 18.7 Å². The summed E-state index contributed by atoms with van der Waals surface area (Å²) in [5, 5.41) is 22.0. The van der Waals surface area contributed by atoms with Gasteiger partial charge in [-0.1, -0.05) is 49.3 Å². The summed E-state index contributed by atoms with van der Waals surface area (Å²) in [6.07, 6.45) is 0. The Bertz CT molecular complexity index is 1150. The van der Waals surface area contributed by atoms with Crippen molar-refractivity contribution in [2.24, 2.45) is 5.92 Å². The van der Waals surface area contributed by atoms with Gasteiger partial charge in [0.2, 0.25) is 5.91 Å². The molecule has 3 rings (SSSR count). The Hall–Kier alpha value is -2.98. The highest BCUT2D eigenvalue weighted by Crippen LogP contribution is 2.31. The highest BCUT2D eigenvalue weighted by atomic mass is 35.5. The summed E-state index contributed by atoms with van der Waals surface area (Å²) in [5.41, 5.74) is 0.290. The zero-order chi connectivity index (χ0) is 23.4. The van der Waals surface area contributed by atoms with Crippen LogP contribution in [0.1, 0.15) is 20.8 Å². The van der Waals surface area contributed by atoms with Gasteiger partial charge in [0.1, 0.15) is 5.82 Å². The standard InChI is InChI=1S/C21H21ClFN5O3S/c1-12(2)11-27-19(15-6-4-5-7-17(15)23)25-26-21(27)32-13(3)20(29)24-18-10-14(28(30)31)8-9-16(18)22/h4-10,12-13H,11H2,1-3H3,(H,24,29). The first-order valence-corrected chi connectivity index (χ1v) is 11.0. The van der Waals surface area contributed by atoms with Gasteiger partial charge in [0.25, 0.3) is 5.69 Å². The van der Waals surface area contributed by atoms with E-state index in [2.05, 4.69) is 15.5 Å². The molecule has 0 saturated carbocycles. The van der Waals surface area contributed by atoms with Gasteiger partial charge >= 0.3 is 0 Å². The molecule has 0 aliphatic rings. The molecule has 0 radical (unpaired) electrons. The molecular formula is C21H21ClFN5O3S. The van der Waals surface area contributed by atoms with Crippen molar-refractivity contribution >= 4 is 40.6 Å². The highest BCUT2D eigenvalue weighted by molar-refractivity contribution is 8.00. The van der Waals surface area contributed by atoms with Crippen LogP contribution in [0.2, 0.25) is 5.02 Å². The van der Waals surface area contributed by atoms with Gasteiger partial charge in [-0.3, -0.25) is 14.9 Å². The molecule has 0 fully saturated rings. The maximum atomic E-state index is 14.3. The lowest BCUT2D eigenvalue weighted by atomic mass is 10.2. The molecule has 1 unspecified atom stereocenters. The number of benzene rings is 2. The van der Waals surface area contributed by atoms with Crippen LogP contribution in [0.3, 0.4) is 0 Å². The molecule has 1 N–H and O–H groups in total. The first kappa shape index (κ1) is 23.7. The van der Waals surface area contributed by atoms with Gasteiger partial charge in [-0.15, -0.1) is 10.2 Å². The smallest absolute Gasteiger partial charge is 0.271 e. The minimum atomic E-state index is -0.631. The summed E-state index contributed by atoms with van der Waals surface area (Å²) in [6.45, 7) is 6.23. The predicted octanol–water partition coefficient (Wildman–Crippen LogP) is 5.42. The van der Waals surface area contributed by atoms with Crippen LogP contribution in [0.15, 0.2) is 47.6 Å². The van der Waals surface area contributed by atoms with E-state index in [1.165, 1.54) is 24.3 Å². The number of halogens is 2. The van der Waals surface area contributed by atoms with E-state index in [1.54, 1.807) is 29.7 Å². The number of nitrogens with one attached hydrogen (secondary N) is 1. The topological polar surface area (TPSA) is 103 Å². The van der Waals surface area contributed by atoms with E-state index < -0.39 is 21.9 Å². The first-order valence-electron chi connectivity index (χ1n) is 9.77. The molecule has 11 heteroatoms. The first-order chi connectivity index (χ1) is 15.2. The molecule has 1 aromatic heterocycles. The molecule has 0 aliphatic carbocycles. The summed E-state index contributed by atoms with van der Waals surface area (Å²) in [5.74, 6) is -0.214. The molecular weight excluding hydrogens is 457 g/mol. The largest absolute Gasteiger partial charge is 0.324 e. The van der Waals surface area contributed by atoms with E-state index in [9.17, 15) is 19.3 Å². The number of nitro benzene ring substituents is 1. The van der Waals surface area contributed by atoms with Crippen LogP contribution < -0.4 is 5.32 Å². The van der Waals surface area contributed by atoms with E-state index in [1.807, 2.05) is 13.8 Å². The number of aromatic nitrogens is 3. The number of amides is 1. The maximum absolute atomic E-state index is 14.3. The molecule has 1 heterocycles. The fourth-order valence-electron chi connectivity index (χ4n) is 2.92. The van der Waals surface area contributed by atoms with Crippen LogP contribution in [0.5, 0.6) is 0 Å². The van der Waals surface area contributed by atoms with Crippen molar-refractivity contribution in [3.63, 3.8) is 0 Å². The molecule has 1 atom stereocenters. The zero-order valence-corrected chi connectivity index (χ0v) is 19.2. The minimum Gasteiger partial charge on any atom is -0.324 e. The Morgan fingerprint density at radius 3 is 2.62 bits per heavy atom. The number of rotatable bonds is 8. The Morgan fingerprint density at radius 1 is 1.25 bits per heavy atom. The number of anilines is 1. The fraction of sp³-hybridized carbons (Fsp3) is 0.286. The van der Waals surface area contributed by atoms with E-state index in [0.29, 0.717) is 23.1 Å². The van der Waals surface area contributed by atoms with E-state index in [4.69, 9.17) is 11.6 Å². The van der Waals surface area contributed by atoms with Crippen molar-refractivity contribution in [2.75, 3.05) is 5.32 Å². The zero-order valence-electron chi connectivity index (χ0n) is 17.6. The van der Waals surface area contributed by atoms with Crippen molar-refractivity contribution in [3.8, 4) is 11.4 Å². The Morgan fingerprint density at radius 2 is 1.97 bits per heavy atom. The van der Waals surface area contributed by atoms with Crippen LogP contribution in [0.4, 0.5) is 15.8 Å². The second kappa shape index (κ2) is 10.1. The SMILES string of the molecule is CC(C)Cn1c(SC(C)C(=O)Nc2cc([N+](=O)[O-])ccc2Cl)nnc1-c1ccccc1F. The molecule has 32 heavy (non-hydrogen) atoms. The molecule has 2 aromatic carbocycles. The number of nitrogens with zero attached hydrogens (tertiary/aromatic N) is 4. The molecule has 1 amide bonds. The number of hydrogen-bond donors (Lipinski definition) is 1. The predicted molar refractivity (Wildman–Crippen MR) is 122 cm³/mol. The van der Waals surface area contributed by atoms with Gasteiger partial charge in [-0.25, -0.2) is 4.39 Å². The third-order valence-corrected chi connectivity index (χ3v) is 5.86. The maximum Gasteiger partial charge on any atom is 0.271 e. The average Bonchev–Trinajstić information content (AvgIpc) is 3.11. The van der Waals surface area contributed by atoms with Crippen molar-refractivity contribution in [1.82, 2.24) is 14.8 Å². The van der Waals surface area contributed by atoms with Crippen molar-refractivity contribution in [2.45, 2.75) is 37.7 Å². The molecule has 168 valence electrons. The van der Waals surface area contributed by atoms with Gasteiger partial charge < -0.3 is 9.88 Å². The molecule has 3 aromatic rings. The lowest BCUT2D eigenvalue weighted by Gasteiger charge is -2.15.